The summed E-state index contributed by atoms with van der Waals surface area (Å²) >= 11 is 0. The zero-order valence-electron chi connectivity index (χ0n) is 9.16. The number of hydrogen-bond donors (Lipinski definition) is 3. The van der Waals surface area contributed by atoms with Crippen molar-refractivity contribution >= 4 is 17.3 Å². The molecule has 1 aromatic carbocycles. The Morgan fingerprint density at radius 2 is 2.00 bits per heavy atom. The lowest BCUT2D eigenvalue weighted by atomic mass is 9.95. The van der Waals surface area contributed by atoms with Gasteiger partial charge in [0.2, 0.25) is 5.91 Å². The van der Waals surface area contributed by atoms with Crippen molar-refractivity contribution in [3.8, 4) is 5.75 Å². The molecule has 0 spiro atoms. The summed E-state index contributed by atoms with van der Waals surface area (Å²) < 4.78 is 0. The van der Waals surface area contributed by atoms with Crippen LogP contribution in [-0.4, -0.2) is 11.0 Å². The summed E-state index contributed by atoms with van der Waals surface area (Å²) in [6.07, 6.45) is 0. The summed E-state index contributed by atoms with van der Waals surface area (Å²) in [5.41, 5.74) is 5.82. The number of nitrogen functional groups attached to an aromatic ring is 1. The van der Waals surface area contributed by atoms with Crippen molar-refractivity contribution in [2.75, 3.05) is 11.1 Å². The van der Waals surface area contributed by atoms with E-state index in [0.717, 1.165) is 0 Å². The molecule has 0 fully saturated rings. The van der Waals surface area contributed by atoms with Crippen molar-refractivity contribution in [2.24, 2.45) is 5.41 Å². The second kappa shape index (κ2) is 3.81. The maximum atomic E-state index is 11.6. The second-order valence-electron chi connectivity index (χ2n) is 4.48. The quantitative estimate of drug-likeness (QED) is 0.487. The molecular formula is C11H16N2O2. The van der Waals surface area contributed by atoms with Gasteiger partial charge in [0.1, 0.15) is 5.75 Å². The van der Waals surface area contributed by atoms with Crippen LogP contribution >= 0.6 is 0 Å². The maximum absolute atomic E-state index is 11.6. The Kier molecular flexibility index (Phi) is 2.88. The van der Waals surface area contributed by atoms with Crippen molar-refractivity contribution in [3.05, 3.63) is 18.2 Å². The number of carbonyl (C=O) groups is 1. The third-order valence-corrected chi connectivity index (χ3v) is 1.97. The van der Waals surface area contributed by atoms with Gasteiger partial charge in [-0.2, -0.15) is 0 Å². The molecule has 0 saturated carbocycles. The summed E-state index contributed by atoms with van der Waals surface area (Å²) in [5.74, 6) is -0.131. The first-order valence-corrected chi connectivity index (χ1v) is 4.70. The molecule has 0 aromatic heterocycles. The molecule has 4 nitrogen and oxygen atoms in total. The van der Waals surface area contributed by atoms with Crippen LogP contribution in [0, 0.1) is 5.41 Å². The zero-order valence-corrected chi connectivity index (χ0v) is 9.16. The van der Waals surface area contributed by atoms with Gasteiger partial charge in [0.25, 0.3) is 0 Å². The molecular weight excluding hydrogens is 192 g/mol. The first-order chi connectivity index (χ1) is 6.80. The van der Waals surface area contributed by atoms with E-state index >= 15 is 0 Å². The van der Waals surface area contributed by atoms with E-state index in [-0.39, 0.29) is 11.7 Å². The Morgan fingerprint density at radius 3 is 2.47 bits per heavy atom. The van der Waals surface area contributed by atoms with Gasteiger partial charge in [0.05, 0.1) is 5.69 Å². The van der Waals surface area contributed by atoms with E-state index < -0.39 is 5.41 Å². The van der Waals surface area contributed by atoms with Gasteiger partial charge >= 0.3 is 0 Å². The van der Waals surface area contributed by atoms with Crippen LogP contribution < -0.4 is 11.1 Å². The minimum absolute atomic E-state index is 0.0262. The van der Waals surface area contributed by atoms with Gasteiger partial charge in [-0.05, 0) is 12.1 Å². The molecule has 0 aliphatic heterocycles. The van der Waals surface area contributed by atoms with Gasteiger partial charge < -0.3 is 16.2 Å². The van der Waals surface area contributed by atoms with Crippen LogP contribution in [0.4, 0.5) is 11.4 Å². The Hall–Kier alpha value is -1.71. The molecule has 0 atom stereocenters. The maximum Gasteiger partial charge on any atom is 0.229 e. The van der Waals surface area contributed by atoms with Gasteiger partial charge in [0, 0.05) is 17.2 Å². The fourth-order valence-electron chi connectivity index (χ4n) is 0.940. The number of amides is 1. The van der Waals surface area contributed by atoms with Crippen molar-refractivity contribution in [2.45, 2.75) is 20.8 Å². The van der Waals surface area contributed by atoms with E-state index in [9.17, 15) is 9.90 Å². The van der Waals surface area contributed by atoms with Crippen LogP contribution in [0.15, 0.2) is 18.2 Å². The molecule has 1 amide bonds. The predicted molar refractivity (Wildman–Crippen MR) is 60.6 cm³/mol. The molecule has 4 heteroatoms. The first kappa shape index (κ1) is 11.4. The highest BCUT2D eigenvalue weighted by molar-refractivity contribution is 5.94. The van der Waals surface area contributed by atoms with E-state index in [1.807, 2.05) is 20.8 Å². The Balaban J connectivity index is 2.83. The number of benzene rings is 1. The largest absolute Gasteiger partial charge is 0.506 e. The molecule has 1 aromatic rings. The SMILES string of the molecule is CC(C)(C)C(=O)Nc1ccc(N)c(O)c1. The highest BCUT2D eigenvalue weighted by Gasteiger charge is 2.21. The number of phenols is 1. The molecule has 0 unspecified atom stereocenters. The zero-order chi connectivity index (χ0) is 11.6. The number of aromatic hydroxyl groups is 1. The smallest absolute Gasteiger partial charge is 0.229 e. The number of nitrogens with two attached hydrogens (primary N) is 1. The van der Waals surface area contributed by atoms with E-state index in [1.54, 1.807) is 12.1 Å². The van der Waals surface area contributed by atoms with E-state index in [4.69, 9.17) is 5.73 Å². The van der Waals surface area contributed by atoms with E-state index in [2.05, 4.69) is 5.32 Å². The number of nitrogens with one attached hydrogen (secondary N) is 1. The van der Waals surface area contributed by atoms with Crippen LogP contribution in [0.5, 0.6) is 5.75 Å². The van der Waals surface area contributed by atoms with Gasteiger partial charge in [0.15, 0.2) is 0 Å². The van der Waals surface area contributed by atoms with E-state index in [1.165, 1.54) is 6.07 Å². The third kappa shape index (κ3) is 2.87. The summed E-state index contributed by atoms with van der Waals surface area (Å²) in [4.78, 5) is 11.6. The van der Waals surface area contributed by atoms with Crippen molar-refractivity contribution < 1.29 is 9.90 Å². The van der Waals surface area contributed by atoms with Crippen molar-refractivity contribution in [1.82, 2.24) is 0 Å². The summed E-state index contributed by atoms with van der Waals surface area (Å²) in [6.45, 7) is 5.46. The lowest BCUT2D eigenvalue weighted by Gasteiger charge is -2.17. The highest BCUT2D eigenvalue weighted by Crippen LogP contribution is 2.25. The molecule has 15 heavy (non-hydrogen) atoms. The molecule has 1 rings (SSSR count). The summed E-state index contributed by atoms with van der Waals surface area (Å²) in [5, 5.41) is 12.0. The van der Waals surface area contributed by atoms with Crippen molar-refractivity contribution in [1.29, 1.82) is 0 Å². The molecule has 82 valence electrons. The summed E-state index contributed by atoms with van der Waals surface area (Å²) in [6, 6.07) is 4.63. The molecule has 4 N–H and O–H groups in total. The lowest BCUT2D eigenvalue weighted by Crippen LogP contribution is -2.27. The molecule has 0 aliphatic rings. The third-order valence-electron chi connectivity index (χ3n) is 1.97. The molecule has 0 heterocycles. The predicted octanol–water partition coefficient (Wildman–Crippen LogP) is 1.96. The average Bonchev–Trinajstić information content (AvgIpc) is 2.10. The number of anilines is 2. The first-order valence-electron chi connectivity index (χ1n) is 4.70. The van der Waals surface area contributed by atoms with Crippen LogP contribution in [0.2, 0.25) is 0 Å². The van der Waals surface area contributed by atoms with Crippen molar-refractivity contribution in [3.63, 3.8) is 0 Å². The Morgan fingerprint density at radius 1 is 1.40 bits per heavy atom. The summed E-state index contributed by atoms with van der Waals surface area (Å²) in [7, 11) is 0. The van der Waals surface area contributed by atoms with Crippen LogP contribution in [0.25, 0.3) is 0 Å². The monoisotopic (exact) mass is 208 g/mol. The van der Waals surface area contributed by atoms with Crippen LogP contribution in [0.3, 0.4) is 0 Å². The van der Waals surface area contributed by atoms with Gasteiger partial charge in [-0.15, -0.1) is 0 Å². The average molecular weight is 208 g/mol. The highest BCUT2D eigenvalue weighted by atomic mass is 16.3. The second-order valence-corrected chi connectivity index (χ2v) is 4.48. The number of carbonyl (C=O) groups excluding carboxylic acids is 1. The minimum Gasteiger partial charge on any atom is -0.506 e. The minimum atomic E-state index is -0.461. The molecule has 0 bridgehead atoms. The number of rotatable bonds is 1. The molecule has 0 radical (unpaired) electrons. The topological polar surface area (TPSA) is 75.4 Å². The fourth-order valence-corrected chi connectivity index (χ4v) is 0.940. The fraction of sp³-hybridized carbons (Fsp3) is 0.364. The molecule has 0 saturated heterocycles. The Bertz CT molecular complexity index is 381. The van der Waals surface area contributed by atoms with Gasteiger partial charge in [-0.1, -0.05) is 20.8 Å². The number of phenolic OH excluding ortho intramolecular Hbond substituents is 1. The normalized spacial score (nSPS) is 11.1. The van der Waals surface area contributed by atoms with Crippen LogP contribution in [-0.2, 0) is 4.79 Å². The lowest BCUT2D eigenvalue weighted by molar-refractivity contribution is -0.123. The van der Waals surface area contributed by atoms with Gasteiger partial charge in [-0.3, -0.25) is 4.79 Å². The number of hydrogen-bond acceptors (Lipinski definition) is 3. The Labute approximate surface area is 89.1 Å². The molecule has 0 aliphatic carbocycles. The van der Waals surface area contributed by atoms with Crippen LogP contribution in [0.1, 0.15) is 20.8 Å². The standard InChI is InChI=1S/C11H16N2O2/c1-11(2,3)10(15)13-7-4-5-8(12)9(14)6-7/h4-6,14H,12H2,1-3H3,(H,13,15). The van der Waals surface area contributed by atoms with E-state index in [0.29, 0.717) is 11.4 Å². The van der Waals surface area contributed by atoms with Gasteiger partial charge in [-0.25, -0.2) is 0 Å².